The zero-order valence-corrected chi connectivity index (χ0v) is 16.7. The maximum absolute atomic E-state index is 15.2. The van der Waals surface area contributed by atoms with Crippen molar-refractivity contribution < 1.29 is 19.1 Å². The first-order valence-electron chi connectivity index (χ1n) is 9.85. The van der Waals surface area contributed by atoms with E-state index in [4.69, 9.17) is 5.11 Å². The predicted octanol–water partition coefficient (Wildman–Crippen LogP) is 5.52. The molecule has 0 unspecified atom stereocenters. The highest BCUT2D eigenvalue weighted by Gasteiger charge is 2.21. The van der Waals surface area contributed by atoms with Gasteiger partial charge in [0.25, 0.3) is 5.91 Å². The van der Waals surface area contributed by atoms with E-state index in [1.807, 2.05) is 36.4 Å². The molecule has 0 aliphatic rings. The molecule has 0 fully saturated rings. The summed E-state index contributed by atoms with van der Waals surface area (Å²) in [5, 5.41) is 10.2. The number of carbonyl (C=O) groups excluding carboxylic acids is 1. The highest BCUT2D eigenvalue weighted by atomic mass is 19.1. The summed E-state index contributed by atoms with van der Waals surface area (Å²) >= 11 is 0. The van der Waals surface area contributed by atoms with Gasteiger partial charge in [-0.2, -0.15) is 0 Å². The lowest BCUT2D eigenvalue weighted by molar-refractivity contribution is 0.0693. The van der Waals surface area contributed by atoms with Crippen LogP contribution in [0.5, 0.6) is 0 Å². The van der Waals surface area contributed by atoms with Crippen molar-refractivity contribution in [2.24, 2.45) is 0 Å². The van der Waals surface area contributed by atoms with Crippen LogP contribution in [-0.4, -0.2) is 21.9 Å². The van der Waals surface area contributed by atoms with Gasteiger partial charge in [-0.05, 0) is 34.7 Å². The average Bonchev–Trinajstić information content (AvgIpc) is 2.80. The highest BCUT2D eigenvalue weighted by molar-refractivity contribution is 5.99. The fourth-order valence-electron chi connectivity index (χ4n) is 3.55. The second kappa shape index (κ2) is 8.79. The second-order valence-corrected chi connectivity index (χ2v) is 7.30. The summed E-state index contributed by atoms with van der Waals surface area (Å²) in [4.78, 5) is 26.1. The van der Waals surface area contributed by atoms with Crippen molar-refractivity contribution in [1.29, 1.82) is 0 Å². The molecular formula is C26H20FNO3. The normalized spacial score (nSPS) is 10.7. The zero-order chi connectivity index (χ0) is 21.8. The van der Waals surface area contributed by atoms with E-state index in [2.05, 4.69) is 0 Å². The number of hydrogen-bond donors (Lipinski definition) is 1. The first-order valence-corrected chi connectivity index (χ1v) is 9.85. The van der Waals surface area contributed by atoms with E-state index >= 15 is 4.39 Å². The molecule has 1 N–H and O–H groups in total. The largest absolute Gasteiger partial charge is 0.478 e. The summed E-state index contributed by atoms with van der Waals surface area (Å²) in [6.45, 7) is 0.520. The Morgan fingerprint density at radius 3 is 2.03 bits per heavy atom. The van der Waals surface area contributed by atoms with Gasteiger partial charge in [0.05, 0.1) is 11.1 Å². The highest BCUT2D eigenvalue weighted by Crippen LogP contribution is 2.23. The van der Waals surface area contributed by atoms with Crippen LogP contribution >= 0.6 is 0 Å². The topological polar surface area (TPSA) is 57.6 Å². The summed E-state index contributed by atoms with van der Waals surface area (Å²) < 4.78 is 15.2. The molecule has 0 heterocycles. The lowest BCUT2D eigenvalue weighted by atomic mass is 10.0. The van der Waals surface area contributed by atoms with Gasteiger partial charge < -0.3 is 10.0 Å². The fraction of sp³-hybridized carbons (Fsp3) is 0.0769. The van der Waals surface area contributed by atoms with Gasteiger partial charge in [0.1, 0.15) is 5.82 Å². The lowest BCUT2D eigenvalue weighted by Crippen LogP contribution is -2.31. The Labute approximate surface area is 179 Å². The van der Waals surface area contributed by atoms with Gasteiger partial charge in [-0.25, -0.2) is 9.18 Å². The van der Waals surface area contributed by atoms with Gasteiger partial charge >= 0.3 is 5.97 Å². The number of aromatic carboxylic acids is 1. The van der Waals surface area contributed by atoms with Gasteiger partial charge in [-0.1, -0.05) is 72.8 Å². The maximum atomic E-state index is 15.2. The van der Waals surface area contributed by atoms with Gasteiger partial charge in [0.2, 0.25) is 0 Å². The number of carboxylic acid groups (broad SMARTS) is 1. The molecule has 0 saturated carbocycles. The molecule has 0 saturated heterocycles. The molecule has 1 amide bonds. The molecule has 4 rings (SSSR count). The maximum Gasteiger partial charge on any atom is 0.335 e. The number of hydrogen-bond acceptors (Lipinski definition) is 2. The van der Waals surface area contributed by atoms with Crippen LogP contribution in [-0.2, 0) is 13.1 Å². The van der Waals surface area contributed by atoms with E-state index < -0.39 is 17.7 Å². The van der Waals surface area contributed by atoms with Crippen molar-refractivity contribution in [2.75, 3.05) is 0 Å². The van der Waals surface area contributed by atoms with Crippen molar-refractivity contribution in [3.05, 3.63) is 119 Å². The Morgan fingerprint density at radius 2 is 1.35 bits per heavy atom. The van der Waals surface area contributed by atoms with Crippen molar-refractivity contribution >= 4 is 22.6 Å². The lowest BCUT2D eigenvalue weighted by Gasteiger charge is -2.24. The molecule has 0 atom stereocenters. The van der Waals surface area contributed by atoms with Gasteiger partial charge in [0, 0.05) is 18.5 Å². The molecule has 5 heteroatoms. The third kappa shape index (κ3) is 4.46. The number of carbonyl (C=O) groups is 2. The molecule has 4 aromatic carbocycles. The summed E-state index contributed by atoms with van der Waals surface area (Å²) in [6.07, 6.45) is 0. The third-order valence-corrected chi connectivity index (χ3v) is 5.17. The number of amides is 1. The Bertz CT molecular complexity index is 1240. The van der Waals surface area contributed by atoms with Crippen molar-refractivity contribution in [3.63, 3.8) is 0 Å². The van der Waals surface area contributed by atoms with Crippen LogP contribution in [0.1, 0.15) is 31.8 Å². The fourth-order valence-corrected chi connectivity index (χ4v) is 3.55. The Hall–Kier alpha value is -3.99. The first kappa shape index (κ1) is 20.3. The number of benzene rings is 4. The Balaban J connectivity index is 1.68. The molecule has 0 aromatic heterocycles. The number of nitrogens with zero attached hydrogens (tertiary/aromatic N) is 1. The first-order chi connectivity index (χ1) is 15.0. The monoisotopic (exact) mass is 413 g/mol. The molecule has 0 spiro atoms. The average molecular weight is 413 g/mol. The van der Waals surface area contributed by atoms with E-state index in [1.165, 1.54) is 18.2 Å². The summed E-state index contributed by atoms with van der Waals surface area (Å²) in [7, 11) is 0. The van der Waals surface area contributed by atoms with Crippen LogP contribution in [0.15, 0.2) is 91.0 Å². The Morgan fingerprint density at radius 1 is 0.742 bits per heavy atom. The number of halogens is 1. The second-order valence-electron chi connectivity index (χ2n) is 7.30. The molecule has 0 aliphatic carbocycles. The van der Waals surface area contributed by atoms with Crippen LogP contribution in [0.25, 0.3) is 10.8 Å². The number of fused-ring (bicyclic) bond motifs is 1. The molecule has 0 aliphatic heterocycles. The van der Waals surface area contributed by atoms with E-state index in [1.54, 1.807) is 41.3 Å². The third-order valence-electron chi connectivity index (χ3n) is 5.17. The van der Waals surface area contributed by atoms with E-state index in [9.17, 15) is 9.59 Å². The molecule has 31 heavy (non-hydrogen) atoms. The van der Waals surface area contributed by atoms with Crippen LogP contribution < -0.4 is 0 Å². The van der Waals surface area contributed by atoms with Gasteiger partial charge in [-0.15, -0.1) is 0 Å². The van der Waals surface area contributed by atoms with Crippen molar-refractivity contribution in [1.82, 2.24) is 4.90 Å². The minimum Gasteiger partial charge on any atom is -0.478 e. The minimum atomic E-state index is -1.01. The predicted molar refractivity (Wildman–Crippen MR) is 117 cm³/mol. The summed E-state index contributed by atoms with van der Waals surface area (Å²) in [6, 6.07) is 26.1. The molecule has 154 valence electrons. The molecule has 4 aromatic rings. The van der Waals surface area contributed by atoms with Crippen molar-refractivity contribution in [2.45, 2.75) is 13.1 Å². The molecular weight excluding hydrogens is 393 g/mol. The van der Waals surface area contributed by atoms with E-state index in [-0.39, 0.29) is 17.7 Å². The van der Waals surface area contributed by atoms with E-state index in [0.29, 0.717) is 11.9 Å². The van der Waals surface area contributed by atoms with E-state index in [0.717, 1.165) is 16.5 Å². The van der Waals surface area contributed by atoms with Gasteiger partial charge in [0.15, 0.2) is 0 Å². The van der Waals surface area contributed by atoms with Crippen LogP contribution in [0.3, 0.4) is 0 Å². The van der Waals surface area contributed by atoms with Crippen molar-refractivity contribution in [3.8, 4) is 0 Å². The minimum absolute atomic E-state index is 0.0109. The zero-order valence-electron chi connectivity index (χ0n) is 16.7. The molecule has 4 nitrogen and oxygen atoms in total. The number of rotatable bonds is 6. The van der Waals surface area contributed by atoms with Crippen LogP contribution in [0.4, 0.5) is 4.39 Å². The summed E-state index contributed by atoms with van der Waals surface area (Å²) in [5.41, 5.74) is 1.86. The standard InChI is InChI=1S/C26H20FNO3/c27-24-22-9-5-4-8-20(22)14-15-23(24)25(29)28(16-18-6-2-1-3-7-18)17-19-10-12-21(13-11-19)26(30)31/h1-15H,16-17H2,(H,30,31). The summed E-state index contributed by atoms with van der Waals surface area (Å²) in [5.74, 6) is -1.97. The molecule has 0 bridgehead atoms. The number of carboxylic acids is 1. The smallest absolute Gasteiger partial charge is 0.335 e. The van der Waals surface area contributed by atoms with Crippen LogP contribution in [0.2, 0.25) is 0 Å². The van der Waals surface area contributed by atoms with Gasteiger partial charge in [-0.3, -0.25) is 4.79 Å². The quantitative estimate of drug-likeness (QED) is 0.453. The Kier molecular flexibility index (Phi) is 5.76. The molecule has 0 radical (unpaired) electrons. The SMILES string of the molecule is O=C(O)c1ccc(CN(Cc2ccccc2)C(=O)c2ccc3ccccc3c2F)cc1. The van der Waals surface area contributed by atoms with Crippen LogP contribution in [0, 0.1) is 5.82 Å².